The molecule has 0 bridgehead atoms. The molecule has 4 aromatic rings. The van der Waals surface area contributed by atoms with Gasteiger partial charge in [-0.2, -0.15) is 0 Å². The molecule has 5 rings (SSSR count). The van der Waals surface area contributed by atoms with Gasteiger partial charge in [0, 0.05) is 11.9 Å². The van der Waals surface area contributed by atoms with Crippen LogP contribution in [0.15, 0.2) is 29.0 Å². The van der Waals surface area contributed by atoms with E-state index in [4.69, 9.17) is 9.97 Å². The second-order valence-electron chi connectivity index (χ2n) is 7.08. The van der Waals surface area contributed by atoms with E-state index in [1.54, 1.807) is 22.7 Å². The van der Waals surface area contributed by atoms with E-state index in [0.717, 1.165) is 47.4 Å². The lowest BCUT2D eigenvalue weighted by molar-refractivity contribution is 0.340. The van der Waals surface area contributed by atoms with Crippen LogP contribution in [0.2, 0.25) is 0 Å². The molecule has 0 amide bonds. The maximum absolute atomic E-state index is 5.05. The van der Waals surface area contributed by atoms with Crippen molar-refractivity contribution in [1.29, 1.82) is 0 Å². The van der Waals surface area contributed by atoms with Crippen LogP contribution in [0.3, 0.4) is 0 Å². The highest BCUT2D eigenvalue weighted by molar-refractivity contribution is 7.16. The van der Waals surface area contributed by atoms with Crippen molar-refractivity contribution in [3.05, 3.63) is 34.7 Å². The first-order valence-corrected chi connectivity index (χ1v) is 11.1. The minimum absolute atomic E-state index is 0.811. The van der Waals surface area contributed by atoms with Gasteiger partial charge in [-0.05, 0) is 68.1 Å². The van der Waals surface area contributed by atoms with E-state index in [1.807, 2.05) is 0 Å². The SMILES string of the molecule is Cc1nc2sccc2c2c1nc(-c1cccs1)n2CCC1CCNCC1. The van der Waals surface area contributed by atoms with Gasteiger partial charge in [-0.3, -0.25) is 0 Å². The Bertz CT molecular complexity index is 1040. The number of hydrogen-bond donors (Lipinski definition) is 1. The van der Waals surface area contributed by atoms with Crippen LogP contribution in [0.25, 0.3) is 32.0 Å². The summed E-state index contributed by atoms with van der Waals surface area (Å²) in [6, 6.07) is 6.50. The monoisotopic (exact) mass is 382 g/mol. The van der Waals surface area contributed by atoms with Crippen molar-refractivity contribution in [3.8, 4) is 10.7 Å². The van der Waals surface area contributed by atoms with E-state index in [-0.39, 0.29) is 0 Å². The number of aromatic nitrogens is 3. The molecule has 0 unspecified atom stereocenters. The fraction of sp³-hybridized carbons (Fsp3) is 0.400. The summed E-state index contributed by atoms with van der Waals surface area (Å²) in [5.74, 6) is 1.92. The lowest BCUT2D eigenvalue weighted by Gasteiger charge is -2.23. The first kappa shape index (κ1) is 16.4. The van der Waals surface area contributed by atoms with Gasteiger partial charge in [-0.25, -0.2) is 9.97 Å². The van der Waals surface area contributed by atoms with Crippen molar-refractivity contribution in [1.82, 2.24) is 19.9 Å². The number of aryl methyl sites for hydroxylation is 2. The Morgan fingerprint density at radius 2 is 2.04 bits per heavy atom. The molecule has 1 saturated heterocycles. The fourth-order valence-corrected chi connectivity index (χ4v) is 5.58. The first-order valence-electron chi connectivity index (χ1n) is 9.30. The second kappa shape index (κ2) is 6.76. The van der Waals surface area contributed by atoms with E-state index in [0.29, 0.717) is 0 Å². The quantitative estimate of drug-likeness (QED) is 0.536. The van der Waals surface area contributed by atoms with Crippen LogP contribution in [-0.4, -0.2) is 27.6 Å². The third-order valence-electron chi connectivity index (χ3n) is 5.44. The van der Waals surface area contributed by atoms with Crippen LogP contribution < -0.4 is 5.32 Å². The number of rotatable bonds is 4. The second-order valence-corrected chi connectivity index (χ2v) is 8.92. The average molecular weight is 383 g/mol. The summed E-state index contributed by atoms with van der Waals surface area (Å²) >= 11 is 3.49. The van der Waals surface area contributed by atoms with Gasteiger partial charge in [0.2, 0.25) is 0 Å². The van der Waals surface area contributed by atoms with Gasteiger partial charge in [0.25, 0.3) is 0 Å². The summed E-state index contributed by atoms with van der Waals surface area (Å²) in [4.78, 5) is 12.2. The van der Waals surface area contributed by atoms with Gasteiger partial charge in [0.05, 0.1) is 16.1 Å². The number of piperidine rings is 1. The van der Waals surface area contributed by atoms with E-state index in [1.165, 1.54) is 35.0 Å². The van der Waals surface area contributed by atoms with E-state index in [9.17, 15) is 0 Å². The minimum atomic E-state index is 0.811. The molecule has 0 spiro atoms. The van der Waals surface area contributed by atoms with Gasteiger partial charge in [-0.15, -0.1) is 22.7 Å². The van der Waals surface area contributed by atoms with Crippen molar-refractivity contribution >= 4 is 43.9 Å². The highest BCUT2D eigenvalue weighted by atomic mass is 32.1. The Morgan fingerprint density at radius 3 is 2.85 bits per heavy atom. The molecule has 0 atom stereocenters. The Morgan fingerprint density at radius 1 is 1.15 bits per heavy atom. The lowest BCUT2D eigenvalue weighted by Crippen LogP contribution is -2.28. The van der Waals surface area contributed by atoms with Gasteiger partial charge in [0.1, 0.15) is 10.3 Å². The van der Waals surface area contributed by atoms with Gasteiger partial charge < -0.3 is 9.88 Å². The zero-order valence-corrected chi connectivity index (χ0v) is 16.5. The van der Waals surface area contributed by atoms with Crippen molar-refractivity contribution in [3.63, 3.8) is 0 Å². The van der Waals surface area contributed by atoms with Crippen LogP contribution in [0.4, 0.5) is 0 Å². The topological polar surface area (TPSA) is 42.7 Å². The van der Waals surface area contributed by atoms with Crippen molar-refractivity contribution in [2.75, 3.05) is 13.1 Å². The molecule has 4 nitrogen and oxygen atoms in total. The molecule has 26 heavy (non-hydrogen) atoms. The number of hydrogen-bond acceptors (Lipinski definition) is 5. The predicted molar refractivity (Wildman–Crippen MR) is 111 cm³/mol. The Hall–Kier alpha value is -1.76. The molecular formula is C20H22N4S2. The van der Waals surface area contributed by atoms with Crippen LogP contribution in [0, 0.1) is 12.8 Å². The number of fused-ring (bicyclic) bond motifs is 3. The average Bonchev–Trinajstić information content (AvgIpc) is 3.39. The number of thiophene rings is 2. The molecule has 1 aliphatic rings. The normalized spacial score (nSPS) is 16.0. The van der Waals surface area contributed by atoms with Crippen molar-refractivity contribution in [2.24, 2.45) is 5.92 Å². The van der Waals surface area contributed by atoms with Crippen LogP contribution >= 0.6 is 22.7 Å². The predicted octanol–water partition coefficient (Wildman–Crippen LogP) is 5.07. The zero-order chi connectivity index (χ0) is 17.5. The maximum Gasteiger partial charge on any atom is 0.151 e. The molecule has 1 fully saturated rings. The van der Waals surface area contributed by atoms with Crippen LogP contribution in [-0.2, 0) is 6.54 Å². The minimum Gasteiger partial charge on any atom is -0.323 e. The largest absolute Gasteiger partial charge is 0.323 e. The number of nitrogens with one attached hydrogen (secondary N) is 1. The third-order valence-corrected chi connectivity index (χ3v) is 7.11. The molecule has 1 aliphatic heterocycles. The van der Waals surface area contributed by atoms with Crippen molar-refractivity contribution in [2.45, 2.75) is 32.7 Å². The lowest BCUT2D eigenvalue weighted by atomic mass is 9.94. The molecule has 0 aliphatic carbocycles. The van der Waals surface area contributed by atoms with Gasteiger partial charge >= 0.3 is 0 Å². The van der Waals surface area contributed by atoms with E-state index in [2.05, 4.69) is 45.8 Å². The molecule has 0 saturated carbocycles. The summed E-state index contributed by atoms with van der Waals surface area (Å²) in [5, 5.41) is 9.00. The molecule has 0 radical (unpaired) electrons. The highest BCUT2D eigenvalue weighted by Gasteiger charge is 2.20. The molecular weight excluding hydrogens is 360 g/mol. The molecule has 1 N–H and O–H groups in total. The number of imidazole rings is 1. The third kappa shape index (κ3) is 2.76. The summed E-state index contributed by atoms with van der Waals surface area (Å²) in [7, 11) is 0. The van der Waals surface area contributed by atoms with Crippen molar-refractivity contribution < 1.29 is 0 Å². The summed E-state index contributed by atoms with van der Waals surface area (Å²) in [6.45, 7) is 5.43. The number of nitrogens with zero attached hydrogens (tertiary/aromatic N) is 3. The van der Waals surface area contributed by atoms with E-state index < -0.39 is 0 Å². The maximum atomic E-state index is 5.05. The van der Waals surface area contributed by atoms with Crippen LogP contribution in [0.1, 0.15) is 25.0 Å². The molecule has 0 aromatic carbocycles. The molecule has 4 aromatic heterocycles. The summed E-state index contributed by atoms with van der Waals surface area (Å²) in [5.41, 5.74) is 3.36. The fourth-order valence-electron chi connectivity index (χ4n) is 4.05. The van der Waals surface area contributed by atoms with Gasteiger partial charge in [0.15, 0.2) is 5.82 Å². The number of pyridine rings is 1. The Kier molecular flexibility index (Phi) is 4.27. The highest BCUT2D eigenvalue weighted by Crippen LogP contribution is 2.35. The molecule has 134 valence electrons. The standard InChI is InChI=1S/C20H22N4S2/c1-13-17-18(15-7-12-26-20(15)22-13)24(10-6-14-4-8-21-9-5-14)19(23-17)16-3-2-11-25-16/h2-3,7,11-12,14,21H,4-6,8-10H2,1H3. The summed E-state index contributed by atoms with van der Waals surface area (Å²) in [6.07, 6.45) is 3.79. The summed E-state index contributed by atoms with van der Waals surface area (Å²) < 4.78 is 2.47. The Labute approximate surface area is 160 Å². The van der Waals surface area contributed by atoms with Gasteiger partial charge in [-0.1, -0.05) is 6.07 Å². The smallest absolute Gasteiger partial charge is 0.151 e. The molecule has 6 heteroatoms. The molecule has 5 heterocycles. The Balaban J connectivity index is 1.65. The zero-order valence-electron chi connectivity index (χ0n) is 14.9. The first-order chi connectivity index (χ1) is 12.8. The van der Waals surface area contributed by atoms with Crippen LogP contribution in [0.5, 0.6) is 0 Å². The van der Waals surface area contributed by atoms with E-state index >= 15 is 0 Å².